The Labute approximate surface area is 620 Å². The van der Waals surface area contributed by atoms with Crippen molar-refractivity contribution in [3.8, 4) is 46.0 Å². The van der Waals surface area contributed by atoms with Crippen LogP contribution in [0.4, 0.5) is 0 Å². The van der Waals surface area contributed by atoms with Gasteiger partial charge in [0.25, 0.3) is 0 Å². The molecule has 0 fully saturated rings. The summed E-state index contributed by atoms with van der Waals surface area (Å²) in [6, 6.07) is 33.0. The van der Waals surface area contributed by atoms with Crippen LogP contribution in [0.3, 0.4) is 0 Å². The number of phenolic OH excluding ortho intramolecular Hbond substituents is 8. The predicted octanol–water partition coefficient (Wildman–Crippen LogP) is 17.3. The Balaban J connectivity index is 0.000000268. The molecule has 0 amide bonds. The fraction of sp³-hybridized carbons (Fsp3) is 0.455. The van der Waals surface area contributed by atoms with Gasteiger partial charge in [0, 0.05) is 51.4 Å². The van der Waals surface area contributed by atoms with Crippen LogP contribution in [0.15, 0.2) is 97.1 Å². The molecule has 534 valence electrons. The molecule has 0 aromatic heterocycles. The Bertz CT molecular complexity index is 3430. The van der Waals surface area contributed by atoms with E-state index in [1.165, 1.54) is 0 Å². The minimum atomic E-state index is -0.190. The molecule has 0 spiro atoms. The van der Waals surface area contributed by atoms with Crippen LogP contribution in [-0.4, -0.2) is 40.9 Å². The zero-order valence-electron chi connectivity index (χ0n) is 64.3. The van der Waals surface area contributed by atoms with Gasteiger partial charge in [-0.2, -0.15) is 0 Å². The van der Waals surface area contributed by atoms with Crippen molar-refractivity contribution in [2.24, 2.45) is 0 Å². The van der Waals surface area contributed by atoms with E-state index in [0.29, 0.717) is 51.4 Å². The standard InChI is InChI=1S/2C44H56O4.2HN.2W/c2*1-41(2,3)33-17-25-13-27-19-34(42(4,5)6)21-29(38(27)46)15-31-23-36(44(10,11)12)24-32(40(31)48)16-30-22-35(43(7,8)9)20-28(39(30)47)14-26(18-33)37(25)45;;;;/h2*17-24,45-48H,13-16H2,1-12H3;2*1H;;/q;;2*+1;;. The fourth-order valence-corrected chi connectivity index (χ4v) is 13.3. The molecule has 0 saturated heterocycles. The average molecular weight is 1700 g/mol. The number of fused-ring (bicyclic) bond motifs is 16. The van der Waals surface area contributed by atoms with Crippen LogP contribution >= 0.6 is 0 Å². The molecule has 0 heterocycles. The summed E-state index contributed by atoms with van der Waals surface area (Å²) in [5.41, 5.74) is 19.0. The van der Waals surface area contributed by atoms with Crippen molar-refractivity contribution in [2.75, 3.05) is 0 Å². The van der Waals surface area contributed by atoms with Crippen molar-refractivity contribution in [2.45, 2.75) is 261 Å². The monoisotopic (exact) mass is 1690 g/mol. The number of hydrogen-bond acceptors (Lipinski definition) is 8. The number of aromatic hydroxyl groups is 8. The van der Waals surface area contributed by atoms with Gasteiger partial charge >= 0.3 is 46.4 Å². The first-order valence-electron chi connectivity index (χ1n) is 35.1. The summed E-state index contributed by atoms with van der Waals surface area (Å²) in [6.07, 6.45) is 2.70. The zero-order chi connectivity index (χ0) is 75.4. The van der Waals surface area contributed by atoms with Gasteiger partial charge in [-0.25, -0.2) is 0 Å². The normalized spacial score (nSPS) is 13.7. The van der Waals surface area contributed by atoms with E-state index in [4.69, 9.17) is 7.46 Å². The summed E-state index contributed by atoms with van der Waals surface area (Å²) in [4.78, 5) is 0. The van der Waals surface area contributed by atoms with E-state index in [1.807, 2.05) is 0 Å². The second-order valence-corrected chi connectivity index (χ2v) is 36.6. The van der Waals surface area contributed by atoms with Crippen LogP contribution in [0.25, 0.3) is 0 Å². The third-order valence-electron chi connectivity index (χ3n) is 20.1. The molecule has 10 nitrogen and oxygen atoms in total. The van der Waals surface area contributed by atoms with E-state index in [1.54, 1.807) is 0 Å². The van der Waals surface area contributed by atoms with Crippen molar-refractivity contribution >= 4 is 0 Å². The first-order chi connectivity index (χ1) is 45.9. The average Bonchev–Trinajstić information content (AvgIpc) is 0.772. The summed E-state index contributed by atoms with van der Waals surface area (Å²) >= 11 is 1.67. The van der Waals surface area contributed by atoms with Gasteiger partial charge in [0.05, 0.1) is 0 Å². The fourth-order valence-electron chi connectivity index (χ4n) is 13.3. The van der Waals surface area contributed by atoms with E-state index in [-0.39, 0.29) is 89.3 Å². The van der Waals surface area contributed by atoms with E-state index >= 15 is 0 Å². The zero-order valence-corrected chi connectivity index (χ0v) is 70.2. The topological polar surface area (TPSA) is 209 Å². The van der Waals surface area contributed by atoms with Gasteiger partial charge in [-0.3, -0.25) is 0 Å². The quantitative estimate of drug-likeness (QED) is 0.0705. The van der Waals surface area contributed by atoms with Gasteiger partial charge in [0.1, 0.15) is 46.0 Å². The Morgan fingerprint density at radius 1 is 0.170 bits per heavy atom. The number of benzene rings is 8. The van der Waals surface area contributed by atoms with Crippen LogP contribution in [0.1, 0.15) is 300 Å². The van der Waals surface area contributed by atoms with Gasteiger partial charge < -0.3 is 40.9 Å². The molecule has 10 N–H and O–H groups in total. The van der Waals surface area contributed by atoms with Gasteiger partial charge in [-0.15, -0.1) is 0 Å². The van der Waals surface area contributed by atoms with Crippen molar-refractivity contribution in [1.29, 1.82) is 0 Å². The third-order valence-corrected chi connectivity index (χ3v) is 20.1. The summed E-state index contributed by atoms with van der Waals surface area (Å²) in [7, 11) is 0. The van der Waals surface area contributed by atoms with Crippen molar-refractivity contribution in [3.05, 3.63) is 231 Å². The van der Waals surface area contributed by atoms with E-state index < -0.39 is 0 Å². The first-order valence-corrected chi connectivity index (χ1v) is 38.0. The van der Waals surface area contributed by atoms with Crippen molar-refractivity contribution in [3.63, 3.8) is 0 Å². The minimum absolute atomic E-state index is 0.190. The Morgan fingerprint density at radius 2 is 0.230 bits per heavy atom. The maximum absolute atomic E-state index is 11.9. The van der Waals surface area contributed by atoms with Crippen LogP contribution < -0.4 is 7.46 Å². The van der Waals surface area contributed by atoms with Gasteiger partial charge in [-0.1, -0.05) is 263 Å². The molecule has 0 aliphatic heterocycles. The molecule has 0 saturated carbocycles. The van der Waals surface area contributed by atoms with Crippen molar-refractivity contribution < 1.29 is 87.2 Å². The first kappa shape index (κ1) is 80.3. The number of rotatable bonds is 0. The molecule has 8 aromatic carbocycles. The maximum atomic E-state index is 11.9. The van der Waals surface area contributed by atoms with Gasteiger partial charge in [0.2, 0.25) is 0 Å². The molecule has 16 bridgehead atoms. The van der Waals surface area contributed by atoms with E-state index in [0.717, 1.165) is 172 Å². The van der Waals surface area contributed by atoms with Crippen LogP contribution in [0.5, 0.6) is 46.0 Å². The number of phenols is 8. The van der Waals surface area contributed by atoms with Gasteiger partial charge in [0.15, 0.2) is 0 Å². The molecule has 2 aliphatic rings. The van der Waals surface area contributed by atoms with Crippen molar-refractivity contribution in [1.82, 2.24) is 0 Å². The molecular formula is C88H114N2O8W2+2. The number of nitrogens with one attached hydrogen (secondary N) is 2. The Morgan fingerprint density at radius 3 is 0.280 bits per heavy atom. The molecule has 12 heteroatoms. The molecule has 0 radical (unpaired) electrons. The van der Waals surface area contributed by atoms with Crippen LogP contribution in [-0.2, 0) is 134 Å². The van der Waals surface area contributed by atoms with E-state index in [2.05, 4.69) is 263 Å². The molecule has 8 aromatic rings. The predicted molar refractivity (Wildman–Crippen MR) is 399 cm³/mol. The Hall–Kier alpha value is -7.04. The summed E-state index contributed by atoms with van der Waals surface area (Å²) in [5.74, 6) is 1.53. The summed E-state index contributed by atoms with van der Waals surface area (Å²) in [6.45, 7) is 51.9. The second kappa shape index (κ2) is 29.4. The van der Waals surface area contributed by atoms with E-state index in [9.17, 15) is 40.9 Å². The van der Waals surface area contributed by atoms with Crippen LogP contribution in [0.2, 0.25) is 0 Å². The SMILES string of the molecule is CC(C)(C)c1cc2c(O)c(c1)Cc1cc(C(C)(C)C)cc(c1O)Cc1cc(C(C)(C)C)cc(c1O)Cc1cc(C(C)(C)C)cc(c1O)C2.CC(C)(C)c1cc2c(O)c(c1)Cc1cc(C(C)(C)C)cc(c1O)Cc1cc(C(C)(C)C)cc(c1O)Cc1cc(C(C)(C)C)cc(c1O)C2.[NH+]#[W].[NH+]#[W]. The molecule has 0 atom stereocenters. The summed E-state index contributed by atoms with van der Waals surface area (Å²) in [5, 5.41) is 95.2. The molecule has 2 aliphatic carbocycles. The third kappa shape index (κ3) is 18.2. The second-order valence-electron chi connectivity index (χ2n) is 36.6. The summed E-state index contributed by atoms with van der Waals surface area (Å²) < 4.78 is 11.7. The Kier molecular flexibility index (Phi) is 23.6. The molecule has 100 heavy (non-hydrogen) atoms. The van der Waals surface area contributed by atoms with Gasteiger partial charge in [-0.05, 0) is 177 Å². The number of hydrogen-bond donors (Lipinski definition) is 10. The molecule has 0 unspecified atom stereocenters. The molecular weight excluding hydrogens is 1580 g/mol. The van der Waals surface area contributed by atoms with Crippen LogP contribution in [0, 0.1) is 0 Å². The molecule has 10 rings (SSSR count).